The van der Waals surface area contributed by atoms with Gasteiger partial charge < -0.3 is 5.11 Å². The van der Waals surface area contributed by atoms with Crippen LogP contribution in [0, 0.1) is 6.92 Å². The maximum Gasteiger partial charge on any atom is 0.241 e. The Morgan fingerprint density at radius 2 is 1.67 bits per heavy atom. The number of aliphatic hydroxyl groups excluding tert-OH is 1. The van der Waals surface area contributed by atoms with E-state index in [-0.39, 0.29) is 12.5 Å². The second-order valence-corrected chi connectivity index (χ2v) is 7.03. The molecule has 1 aliphatic rings. The molecule has 7 heteroatoms. The van der Waals surface area contributed by atoms with Gasteiger partial charge in [0, 0.05) is 18.0 Å². The van der Waals surface area contributed by atoms with E-state index in [1.807, 2.05) is 39.0 Å². The molecule has 3 heterocycles. The van der Waals surface area contributed by atoms with E-state index in [4.69, 9.17) is 5.11 Å². The summed E-state index contributed by atoms with van der Waals surface area (Å²) in [5, 5.41) is 9.15. The normalized spacial score (nSPS) is 15.1. The molecule has 136 valence electrons. The van der Waals surface area contributed by atoms with Gasteiger partial charge in [-0.2, -0.15) is 0 Å². The fourth-order valence-corrected chi connectivity index (χ4v) is 3.27. The number of amides is 1. The average Bonchev–Trinajstić information content (AvgIpc) is 2.88. The molecule has 0 bridgehead atoms. The van der Waals surface area contributed by atoms with Gasteiger partial charge in [-0.15, -0.1) is 0 Å². The van der Waals surface area contributed by atoms with Crippen LogP contribution in [0.5, 0.6) is 0 Å². The first-order valence-electron chi connectivity index (χ1n) is 8.61. The minimum absolute atomic E-state index is 0.0462. The molecule has 27 heavy (non-hydrogen) atoms. The van der Waals surface area contributed by atoms with E-state index >= 15 is 0 Å². The van der Waals surface area contributed by atoms with E-state index in [9.17, 15) is 4.79 Å². The summed E-state index contributed by atoms with van der Waals surface area (Å²) in [4.78, 5) is 31.5. The maximum atomic E-state index is 13.1. The molecule has 0 aliphatic carbocycles. The minimum atomic E-state index is -0.659. The largest absolute Gasteiger partial charge is 0.388 e. The second-order valence-electron chi connectivity index (χ2n) is 7.03. The highest BCUT2D eigenvalue weighted by atomic mass is 16.3. The monoisotopic (exact) mass is 361 g/mol. The van der Waals surface area contributed by atoms with Crippen LogP contribution in [0.4, 0.5) is 11.4 Å². The van der Waals surface area contributed by atoms with E-state index in [1.165, 1.54) is 0 Å². The highest BCUT2D eigenvalue weighted by Crippen LogP contribution is 2.46. The molecule has 0 radical (unpaired) electrons. The molecule has 1 N–H and O–H groups in total. The number of hydrogen-bond acceptors (Lipinski definition) is 6. The van der Waals surface area contributed by atoms with E-state index in [2.05, 4.69) is 19.9 Å². The molecule has 2 aromatic heterocycles. The summed E-state index contributed by atoms with van der Waals surface area (Å²) >= 11 is 0. The number of aliphatic hydroxyl groups is 1. The topological polar surface area (TPSA) is 92.1 Å². The van der Waals surface area contributed by atoms with Gasteiger partial charge in [0.2, 0.25) is 5.91 Å². The van der Waals surface area contributed by atoms with Crippen molar-refractivity contribution in [1.82, 2.24) is 19.9 Å². The predicted molar refractivity (Wildman–Crippen MR) is 100 cm³/mol. The molecule has 1 amide bonds. The van der Waals surface area contributed by atoms with Crippen molar-refractivity contribution >= 4 is 17.3 Å². The third kappa shape index (κ3) is 2.76. The Bertz CT molecular complexity index is 1010. The number of aromatic nitrogens is 4. The second kappa shape index (κ2) is 6.21. The van der Waals surface area contributed by atoms with Crippen LogP contribution >= 0.6 is 0 Å². The van der Waals surface area contributed by atoms with E-state index < -0.39 is 5.41 Å². The summed E-state index contributed by atoms with van der Waals surface area (Å²) in [7, 11) is 0. The first-order chi connectivity index (χ1) is 12.9. The molecular formula is C20H19N5O2. The quantitative estimate of drug-likeness (QED) is 0.771. The minimum Gasteiger partial charge on any atom is -0.388 e. The van der Waals surface area contributed by atoms with E-state index in [0.29, 0.717) is 17.3 Å². The van der Waals surface area contributed by atoms with Gasteiger partial charge in [0.15, 0.2) is 5.82 Å². The Morgan fingerprint density at radius 1 is 1.00 bits per heavy atom. The number of carbonyl (C=O) groups is 1. The third-order valence-electron chi connectivity index (χ3n) is 4.86. The summed E-state index contributed by atoms with van der Waals surface area (Å²) < 4.78 is 0. The molecule has 0 atom stereocenters. The molecule has 0 saturated heterocycles. The van der Waals surface area contributed by atoms with Crippen molar-refractivity contribution in [3.8, 4) is 11.1 Å². The average molecular weight is 361 g/mol. The van der Waals surface area contributed by atoms with Crippen LogP contribution in [0.3, 0.4) is 0 Å². The molecule has 1 aliphatic heterocycles. The number of carbonyl (C=O) groups excluding carboxylic acids is 1. The van der Waals surface area contributed by atoms with Crippen molar-refractivity contribution in [2.24, 2.45) is 0 Å². The van der Waals surface area contributed by atoms with Gasteiger partial charge in [0.1, 0.15) is 12.4 Å². The summed E-state index contributed by atoms with van der Waals surface area (Å²) in [6.07, 6.45) is 6.66. The summed E-state index contributed by atoms with van der Waals surface area (Å²) in [5.41, 5.74) is 3.46. The van der Waals surface area contributed by atoms with Crippen LogP contribution < -0.4 is 4.90 Å². The number of anilines is 2. The zero-order valence-electron chi connectivity index (χ0n) is 15.3. The van der Waals surface area contributed by atoms with Crippen LogP contribution in [0.1, 0.15) is 31.1 Å². The van der Waals surface area contributed by atoms with Crippen LogP contribution in [0.15, 0.2) is 43.0 Å². The summed E-state index contributed by atoms with van der Waals surface area (Å²) in [6.45, 7) is 5.41. The number of benzene rings is 1. The van der Waals surface area contributed by atoms with E-state index in [0.717, 1.165) is 22.4 Å². The van der Waals surface area contributed by atoms with Crippen LogP contribution in [0.25, 0.3) is 11.1 Å². The predicted octanol–water partition coefficient (Wildman–Crippen LogP) is 2.69. The Hall–Kier alpha value is -3.19. The smallest absolute Gasteiger partial charge is 0.241 e. The lowest BCUT2D eigenvalue weighted by atomic mass is 9.85. The first-order valence-corrected chi connectivity index (χ1v) is 8.61. The Balaban J connectivity index is 1.84. The number of nitrogens with zero attached hydrogens (tertiary/aromatic N) is 5. The highest BCUT2D eigenvalue weighted by molar-refractivity contribution is 6.12. The van der Waals surface area contributed by atoms with Gasteiger partial charge >= 0.3 is 0 Å². The number of hydrogen-bond donors (Lipinski definition) is 1. The SMILES string of the molecule is Cc1ncc(-c2ccc3c(c2)N(c2cnc(CO)nc2)C(=O)C3(C)C)cn1. The number of rotatable bonds is 3. The zero-order chi connectivity index (χ0) is 19.2. The van der Waals surface area contributed by atoms with Gasteiger partial charge in [0.25, 0.3) is 0 Å². The van der Waals surface area contributed by atoms with Gasteiger partial charge in [-0.25, -0.2) is 19.9 Å². The molecule has 1 aromatic carbocycles. The lowest BCUT2D eigenvalue weighted by Crippen LogP contribution is -2.33. The number of aryl methyl sites for hydroxylation is 1. The summed E-state index contributed by atoms with van der Waals surface area (Å²) in [5.74, 6) is 0.976. The van der Waals surface area contributed by atoms with Gasteiger partial charge in [0.05, 0.1) is 29.2 Å². The van der Waals surface area contributed by atoms with Crippen molar-refractivity contribution in [2.75, 3.05) is 4.90 Å². The van der Waals surface area contributed by atoms with Gasteiger partial charge in [-0.3, -0.25) is 9.69 Å². The lowest BCUT2D eigenvalue weighted by Gasteiger charge is -2.20. The van der Waals surface area contributed by atoms with Crippen LogP contribution in [-0.2, 0) is 16.8 Å². The Kier molecular flexibility index (Phi) is 3.96. The van der Waals surface area contributed by atoms with Crippen molar-refractivity contribution in [1.29, 1.82) is 0 Å². The summed E-state index contributed by atoms with van der Waals surface area (Å²) in [6, 6.07) is 5.93. The standard InChI is InChI=1S/C20H19N5O2/c1-12-21-7-14(8-22-12)13-4-5-16-17(6-13)25(19(27)20(16,2)3)15-9-23-18(11-26)24-10-15/h4-10,26H,11H2,1-3H3. The van der Waals surface area contributed by atoms with Crippen molar-refractivity contribution in [3.63, 3.8) is 0 Å². The Labute approximate surface area is 156 Å². The zero-order valence-corrected chi connectivity index (χ0v) is 15.3. The van der Waals surface area contributed by atoms with Crippen molar-refractivity contribution in [3.05, 3.63) is 60.2 Å². The molecule has 4 rings (SSSR count). The molecular weight excluding hydrogens is 342 g/mol. The Morgan fingerprint density at radius 3 is 2.30 bits per heavy atom. The molecule has 0 unspecified atom stereocenters. The maximum absolute atomic E-state index is 13.1. The number of fused-ring (bicyclic) bond motifs is 1. The molecule has 0 spiro atoms. The molecule has 3 aromatic rings. The van der Waals surface area contributed by atoms with Crippen LogP contribution in [0.2, 0.25) is 0 Å². The fraction of sp³-hybridized carbons (Fsp3) is 0.250. The van der Waals surface area contributed by atoms with Crippen molar-refractivity contribution < 1.29 is 9.90 Å². The van der Waals surface area contributed by atoms with Gasteiger partial charge in [-0.05, 0) is 38.0 Å². The van der Waals surface area contributed by atoms with Crippen LogP contribution in [-0.4, -0.2) is 30.9 Å². The van der Waals surface area contributed by atoms with Crippen molar-refractivity contribution in [2.45, 2.75) is 32.8 Å². The third-order valence-corrected chi connectivity index (χ3v) is 4.86. The first kappa shape index (κ1) is 17.2. The lowest BCUT2D eigenvalue weighted by molar-refractivity contribution is -0.121. The fourth-order valence-electron chi connectivity index (χ4n) is 3.27. The molecule has 0 saturated carbocycles. The molecule has 7 nitrogen and oxygen atoms in total. The molecule has 0 fully saturated rings. The van der Waals surface area contributed by atoms with Gasteiger partial charge in [-0.1, -0.05) is 12.1 Å². The van der Waals surface area contributed by atoms with E-state index in [1.54, 1.807) is 29.7 Å². The highest BCUT2D eigenvalue weighted by Gasteiger charge is 2.44.